The van der Waals surface area contributed by atoms with E-state index in [0.717, 1.165) is 12.8 Å². The van der Waals surface area contributed by atoms with Crippen LogP contribution in [0.3, 0.4) is 0 Å². The number of ether oxygens (including phenoxy) is 2. The number of hydrogen-bond acceptors (Lipinski definition) is 7. The van der Waals surface area contributed by atoms with Gasteiger partial charge in [0.05, 0.1) is 18.8 Å². The standard InChI is InChI=1S/C16H17N3O4.C2HF3O2/c20-15(13-9-21-11-18-13)19-6-4-16(10-19)7-12(8-22-16)23-14-3-1-2-5-17-14;3-2(4,5)1(6)7/h1-3,5,9,11-12H,4,6-8,10H2;(H,6,7)/t12-,16-;/m0./s1. The number of likely N-dealkylation sites (tertiary alicyclic amines) is 1. The molecule has 0 aromatic carbocycles. The van der Waals surface area contributed by atoms with Crippen LogP contribution in [0.5, 0.6) is 5.88 Å². The number of hydrogen-bond donors (Lipinski definition) is 1. The lowest BCUT2D eigenvalue weighted by atomic mass is 9.98. The molecule has 2 saturated heterocycles. The van der Waals surface area contributed by atoms with Gasteiger partial charge in [0.1, 0.15) is 12.4 Å². The van der Waals surface area contributed by atoms with Gasteiger partial charge in [0.25, 0.3) is 5.91 Å². The number of amides is 1. The van der Waals surface area contributed by atoms with Gasteiger partial charge in [-0.1, -0.05) is 6.07 Å². The van der Waals surface area contributed by atoms with Gasteiger partial charge in [-0.25, -0.2) is 14.8 Å². The largest absolute Gasteiger partial charge is 0.490 e. The second kappa shape index (κ2) is 8.69. The number of alkyl halides is 3. The summed E-state index contributed by atoms with van der Waals surface area (Å²) in [6.07, 6.45) is 0.782. The van der Waals surface area contributed by atoms with Crippen LogP contribution in [0.25, 0.3) is 0 Å². The molecule has 1 N–H and O–H groups in total. The average Bonchev–Trinajstić information content (AvgIpc) is 3.45. The summed E-state index contributed by atoms with van der Waals surface area (Å²) in [7, 11) is 0. The lowest BCUT2D eigenvalue weighted by Crippen LogP contribution is -2.36. The van der Waals surface area contributed by atoms with E-state index in [1.54, 1.807) is 11.1 Å². The molecule has 12 heteroatoms. The molecule has 2 fully saturated rings. The number of aromatic nitrogens is 2. The molecule has 2 atom stereocenters. The van der Waals surface area contributed by atoms with E-state index in [-0.39, 0.29) is 17.6 Å². The van der Waals surface area contributed by atoms with E-state index in [9.17, 15) is 18.0 Å². The number of halogens is 3. The van der Waals surface area contributed by atoms with Crippen molar-refractivity contribution in [1.82, 2.24) is 14.9 Å². The minimum atomic E-state index is -5.08. The molecule has 0 aliphatic carbocycles. The zero-order valence-corrected chi connectivity index (χ0v) is 15.5. The Morgan fingerprint density at radius 1 is 1.30 bits per heavy atom. The number of nitrogens with zero attached hydrogens (tertiary/aromatic N) is 3. The van der Waals surface area contributed by atoms with E-state index in [4.69, 9.17) is 23.8 Å². The van der Waals surface area contributed by atoms with Gasteiger partial charge in [0, 0.05) is 25.2 Å². The summed E-state index contributed by atoms with van der Waals surface area (Å²) >= 11 is 0. The summed E-state index contributed by atoms with van der Waals surface area (Å²) in [5.74, 6) is -2.27. The zero-order valence-electron chi connectivity index (χ0n) is 15.5. The average molecular weight is 429 g/mol. The number of carbonyl (C=O) groups excluding carboxylic acids is 1. The fourth-order valence-corrected chi connectivity index (χ4v) is 3.25. The molecule has 2 aliphatic heterocycles. The first-order chi connectivity index (χ1) is 14.2. The molecule has 162 valence electrons. The highest BCUT2D eigenvalue weighted by molar-refractivity contribution is 5.92. The van der Waals surface area contributed by atoms with Crippen LogP contribution in [-0.4, -0.2) is 69.4 Å². The van der Waals surface area contributed by atoms with Gasteiger partial charge in [-0.3, -0.25) is 4.79 Å². The number of pyridine rings is 1. The number of oxazole rings is 1. The molecular formula is C18H18F3N3O6. The predicted octanol–water partition coefficient (Wildman–Crippen LogP) is 2.16. The first-order valence-electron chi connectivity index (χ1n) is 8.88. The Labute approximate surface area is 168 Å². The summed E-state index contributed by atoms with van der Waals surface area (Å²) in [6, 6.07) is 5.58. The smallest absolute Gasteiger partial charge is 0.475 e. The van der Waals surface area contributed by atoms with Gasteiger partial charge >= 0.3 is 12.1 Å². The van der Waals surface area contributed by atoms with E-state index < -0.39 is 12.1 Å². The number of rotatable bonds is 3. The normalized spacial score (nSPS) is 23.2. The minimum absolute atomic E-state index is 0.0352. The van der Waals surface area contributed by atoms with Crippen LogP contribution >= 0.6 is 0 Å². The maximum absolute atomic E-state index is 12.3. The van der Waals surface area contributed by atoms with Crippen LogP contribution in [0.1, 0.15) is 23.3 Å². The third-order valence-electron chi connectivity index (χ3n) is 4.60. The zero-order chi connectivity index (χ0) is 21.8. The fourth-order valence-electron chi connectivity index (χ4n) is 3.25. The van der Waals surface area contributed by atoms with Crippen LogP contribution < -0.4 is 4.74 Å². The van der Waals surface area contributed by atoms with Gasteiger partial charge in [-0.2, -0.15) is 13.2 Å². The number of aliphatic carboxylic acids is 1. The topological polar surface area (TPSA) is 115 Å². The highest BCUT2D eigenvalue weighted by Crippen LogP contribution is 2.36. The Morgan fingerprint density at radius 3 is 2.67 bits per heavy atom. The molecule has 2 aromatic rings. The molecular weight excluding hydrogens is 411 g/mol. The van der Waals surface area contributed by atoms with Gasteiger partial charge in [0.2, 0.25) is 5.88 Å². The highest BCUT2D eigenvalue weighted by Gasteiger charge is 2.48. The Morgan fingerprint density at radius 2 is 2.07 bits per heavy atom. The molecule has 4 rings (SSSR count). The Balaban J connectivity index is 0.000000318. The molecule has 0 saturated carbocycles. The van der Waals surface area contributed by atoms with Gasteiger partial charge in [0.15, 0.2) is 12.1 Å². The van der Waals surface area contributed by atoms with E-state index in [2.05, 4.69) is 9.97 Å². The molecule has 9 nitrogen and oxygen atoms in total. The highest BCUT2D eigenvalue weighted by atomic mass is 19.4. The molecule has 1 spiro atoms. The van der Waals surface area contributed by atoms with Gasteiger partial charge in [-0.05, 0) is 12.5 Å². The van der Waals surface area contributed by atoms with E-state index >= 15 is 0 Å². The second-order valence-corrected chi connectivity index (χ2v) is 6.76. The third-order valence-corrected chi connectivity index (χ3v) is 4.60. The summed E-state index contributed by atoms with van der Waals surface area (Å²) in [5, 5.41) is 7.12. The summed E-state index contributed by atoms with van der Waals surface area (Å²) in [4.78, 5) is 31.1. The van der Waals surface area contributed by atoms with Crippen LogP contribution in [-0.2, 0) is 9.53 Å². The molecule has 2 aliphatic rings. The van der Waals surface area contributed by atoms with E-state index in [1.165, 1.54) is 12.7 Å². The van der Waals surface area contributed by atoms with Crippen molar-refractivity contribution in [2.45, 2.75) is 30.7 Å². The molecule has 4 heterocycles. The molecule has 1 amide bonds. The molecule has 0 radical (unpaired) electrons. The quantitative estimate of drug-likeness (QED) is 0.789. The Kier molecular flexibility index (Phi) is 6.25. The number of carbonyl (C=O) groups is 2. The Hall–Kier alpha value is -3.15. The van der Waals surface area contributed by atoms with Crippen molar-refractivity contribution in [1.29, 1.82) is 0 Å². The first-order valence-corrected chi connectivity index (χ1v) is 8.88. The minimum Gasteiger partial charge on any atom is -0.475 e. The van der Waals surface area contributed by atoms with Crippen molar-refractivity contribution in [2.24, 2.45) is 0 Å². The molecule has 2 aromatic heterocycles. The molecule has 0 bridgehead atoms. The number of carboxylic acids is 1. The maximum Gasteiger partial charge on any atom is 0.490 e. The number of carboxylic acid groups (broad SMARTS) is 1. The summed E-state index contributed by atoms with van der Waals surface area (Å²) in [6.45, 7) is 1.73. The maximum atomic E-state index is 12.3. The van der Waals surface area contributed by atoms with Crippen LogP contribution in [0, 0.1) is 0 Å². The molecule has 30 heavy (non-hydrogen) atoms. The van der Waals surface area contributed by atoms with Crippen LogP contribution in [0.2, 0.25) is 0 Å². The van der Waals surface area contributed by atoms with Gasteiger partial charge < -0.3 is 23.9 Å². The van der Waals surface area contributed by atoms with Crippen molar-refractivity contribution in [3.05, 3.63) is 42.7 Å². The van der Waals surface area contributed by atoms with Crippen molar-refractivity contribution >= 4 is 11.9 Å². The van der Waals surface area contributed by atoms with Crippen molar-refractivity contribution in [3.8, 4) is 5.88 Å². The van der Waals surface area contributed by atoms with Crippen LogP contribution in [0.4, 0.5) is 13.2 Å². The van der Waals surface area contributed by atoms with Crippen molar-refractivity contribution in [3.63, 3.8) is 0 Å². The summed E-state index contributed by atoms with van der Waals surface area (Å²) in [5.41, 5.74) is 0.0140. The van der Waals surface area contributed by atoms with Crippen molar-refractivity contribution in [2.75, 3.05) is 19.7 Å². The lowest BCUT2D eigenvalue weighted by molar-refractivity contribution is -0.192. The van der Waals surface area contributed by atoms with E-state index in [0.29, 0.717) is 31.3 Å². The lowest BCUT2D eigenvalue weighted by Gasteiger charge is -2.22. The second-order valence-electron chi connectivity index (χ2n) is 6.76. The van der Waals surface area contributed by atoms with Gasteiger partial charge in [-0.15, -0.1) is 0 Å². The third kappa shape index (κ3) is 5.26. The van der Waals surface area contributed by atoms with E-state index in [1.807, 2.05) is 18.2 Å². The summed E-state index contributed by atoms with van der Waals surface area (Å²) < 4.78 is 48.5. The predicted molar refractivity (Wildman–Crippen MR) is 92.7 cm³/mol. The van der Waals surface area contributed by atoms with Crippen molar-refractivity contribution < 1.29 is 41.8 Å². The molecule has 0 unspecified atom stereocenters. The Bertz CT molecular complexity index is 862. The monoisotopic (exact) mass is 429 g/mol. The first kappa shape index (κ1) is 21.6. The fraction of sp³-hybridized carbons (Fsp3) is 0.444. The van der Waals surface area contributed by atoms with Crippen LogP contribution in [0.15, 0.2) is 41.5 Å². The SMILES string of the molecule is O=C(O)C(F)(F)F.O=C(c1cocn1)N1CC[C@]2(C[C@H](Oc3ccccn3)CO2)C1.